The lowest BCUT2D eigenvalue weighted by atomic mass is 10.2. The van der Waals surface area contributed by atoms with Gasteiger partial charge < -0.3 is 20.4 Å². The first kappa shape index (κ1) is 22.3. The van der Waals surface area contributed by atoms with Gasteiger partial charge in [-0.25, -0.2) is 4.98 Å². The van der Waals surface area contributed by atoms with E-state index in [0.29, 0.717) is 12.2 Å². The van der Waals surface area contributed by atoms with Crippen LogP contribution < -0.4 is 10.6 Å². The topological polar surface area (TPSA) is 60.5 Å². The van der Waals surface area contributed by atoms with Gasteiger partial charge in [-0.15, -0.1) is 0 Å². The molecular weight excluding hydrogens is 350 g/mol. The van der Waals surface area contributed by atoms with Crippen LogP contribution in [0, 0.1) is 0 Å². The number of aromatic nitrogens is 1. The summed E-state index contributed by atoms with van der Waals surface area (Å²) in [6, 6.07) is 11.6. The van der Waals surface area contributed by atoms with Crippen molar-refractivity contribution in [2.24, 2.45) is 0 Å². The zero-order valence-corrected chi connectivity index (χ0v) is 17.6. The Morgan fingerprint density at radius 1 is 0.857 bits per heavy atom. The molecule has 0 radical (unpaired) electrons. The summed E-state index contributed by atoms with van der Waals surface area (Å²) in [4.78, 5) is 21.6. The average molecular weight is 386 g/mol. The van der Waals surface area contributed by atoms with Gasteiger partial charge in [0, 0.05) is 44.7 Å². The predicted molar refractivity (Wildman–Crippen MR) is 117 cm³/mol. The van der Waals surface area contributed by atoms with Gasteiger partial charge in [-0.1, -0.05) is 45.0 Å². The Kier molecular flexibility index (Phi) is 9.90. The fourth-order valence-corrected chi connectivity index (χ4v) is 3.18. The van der Waals surface area contributed by atoms with E-state index in [4.69, 9.17) is 0 Å². The first-order valence-corrected chi connectivity index (χ1v) is 10.5. The molecule has 6 nitrogen and oxygen atoms in total. The van der Waals surface area contributed by atoms with Crippen molar-refractivity contribution in [2.75, 3.05) is 58.9 Å². The van der Waals surface area contributed by atoms with Crippen molar-refractivity contribution in [1.82, 2.24) is 25.4 Å². The van der Waals surface area contributed by atoms with Crippen molar-refractivity contribution in [1.29, 1.82) is 0 Å². The maximum Gasteiger partial charge on any atom is 0.269 e. The first-order valence-electron chi connectivity index (χ1n) is 10.5. The molecule has 0 fully saturated rings. The van der Waals surface area contributed by atoms with E-state index in [1.54, 1.807) is 6.07 Å². The third kappa shape index (κ3) is 7.19. The van der Waals surface area contributed by atoms with Crippen LogP contribution in [0.2, 0.25) is 0 Å². The highest BCUT2D eigenvalue weighted by molar-refractivity contribution is 5.94. The molecule has 0 aliphatic heterocycles. The molecule has 0 bridgehead atoms. The molecule has 2 aromatic rings. The van der Waals surface area contributed by atoms with Crippen molar-refractivity contribution in [3.63, 3.8) is 0 Å². The van der Waals surface area contributed by atoms with E-state index in [1.807, 2.05) is 30.3 Å². The maximum atomic E-state index is 12.4. The number of carbonyl (C=O) groups is 1. The van der Waals surface area contributed by atoms with Crippen molar-refractivity contribution in [2.45, 2.75) is 20.8 Å². The molecule has 1 heterocycles. The van der Waals surface area contributed by atoms with Crippen molar-refractivity contribution >= 4 is 16.8 Å². The summed E-state index contributed by atoms with van der Waals surface area (Å²) >= 11 is 0. The Morgan fingerprint density at radius 2 is 1.50 bits per heavy atom. The van der Waals surface area contributed by atoms with E-state index < -0.39 is 0 Å². The van der Waals surface area contributed by atoms with E-state index in [0.717, 1.165) is 63.3 Å². The predicted octanol–water partition coefficient (Wildman–Crippen LogP) is 2.22. The van der Waals surface area contributed by atoms with Gasteiger partial charge in [0.2, 0.25) is 0 Å². The third-order valence-electron chi connectivity index (χ3n) is 5.10. The number of amides is 1. The number of rotatable bonds is 13. The van der Waals surface area contributed by atoms with Crippen LogP contribution in [0.5, 0.6) is 0 Å². The minimum absolute atomic E-state index is 0.112. The zero-order valence-electron chi connectivity index (χ0n) is 17.6. The Bertz CT molecular complexity index is 717. The molecule has 0 unspecified atom stereocenters. The molecule has 2 rings (SSSR count). The lowest BCUT2D eigenvalue weighted by molar-refractivity contribution is 0.0944. The molecule has 0 aliphatic rings. The van der Waals surface area contributed by atoms with Crippen molar-refractivity contribution in [3.05, 3.63) is 42.1 Å². The highest BCUT2D eigenvalue weighted by Gasteiger charge is 2.09. The average Bonchev–Trinajstić information content (AvgIpc) is 2.74. The van der Waals surface area contributed by atoms with Crippen molar-refractivity contribution in [3.8, 4) is 0 Å². The highest BCUT2D eigenvalue weighted by atomic mass is 16.1. The van der Waals surface area contributed by atoms with E-state index in [1.165, 1.54) is 0 Å². The Balaban J connectivity index is 1.67. The number of likely N-dealkylation sites (N-methyl/N-ethyl adjacent to an activating group) is 2. The van der Waals surface area contributed by atoms with Crippen LogP contribution in [0.3, 0.4) is 0 Å². The molecule has 0 saturated carbocycles. The fourth-order valence-electron chi connectivity index (χ4n) is 3.18. The number of carbonyl (C=O) groups excluding carboxylic acids is 1. The van der Waals surface area contributed by atoms with E-state index in [2.05, 4.69) is 46.2 Å². The van der Waals surface area contributed by atoms with Crippen LogP contribution in [0.1, 0.15) is 31.3 Å². The van der Waals surface area contributed by atoms with Gasteiger partial charge in [-0.05, 0) is 31.8 Å². The smallest absolute Gasteiger partial charge is 0.269 e. The standard InChI is InChI=1S/C22H35N5O/c1-4-26(5-2)16-13-23-14-17-27(6-3)18-15-24-22(28)21-12-11-19-9-7-8-10-20(19)25-21/h7-12,23H,4-6,13-18H2,1-3H3,(H,24,28). The maximum absolute atomic E-state index is 12.4. The second-order valence-electron chi connectivity index (χ2n) is 6.86. The zero-order chi connectivity index (χ0) is 20.2. The summed E-state index contributed by atoms with van der Waals surface area (Å²) in [6.07, 6.45) is 0. The van der Waals surface area contributed by atoms with Gasteiger partial charge in [0.15, 0.2) is 0 Å². The van der Waals surface area contributed by atoms with Crippen LogP contribution >= 0.6 is 0 Å². The molecule has 154 valence electrons. The van der Waals surface area contributed by atoms with Crippen LogP contribution in [-0.4, -0.2) is 79.6 Å². The van der Waals surface area contributed by atoms with Crippen LogP contribution in [0.25, 0.3) is 10.9 Å². The number of benzene rings is 1. The second kappa shape index (κ2) is 12.4. The molecule has 0 saturated heterocycles. The number of pyridine rings is 1. The molecule has 1 amide bonds. The number of fused-ring (bicyclic) bond motifs is 1. The molecule has 1 aromatic carbocycles. The summed E-state index contributed by atoms with van der Waals surface area (Å²) in [5.74, 6) is -0.112. The summed E-state index contributed by atoms with van der Waals surface area (Å²) in [5.41, 5.74) is 1.32. The summed E-state index contributed by atoms with van der Waals surface area (Å²) in [6.45, 7) is 15.3. The summed E-state index contributed by atoms with van der Waals surface area (Å²) in [7, 11) is 0. The third-order valence-corrected chi connectivity index (χ3v) is 5.10. The van der Waals surface area contributed by atoms with Crippen LogP contribution in [0.4, 0.5) is 0 Å². The molecular formula is C22H35N5O. The molecule has 0 aliphatic carbocycles. The molecule has 28 heavy (non-hydrogen) atoms. The monoisotopic (exact) mass is 385 g/mol. The summed E-state index contributed by atoms with van der Waals surface area (Å²) in [5, 5.41) is 7.55. The minimum Gasteiger partial charge on any atom is -0.349 e. The van der Waals surface area contributed by atoms with Gasteiger partial charge in [-0.3, -0.25) is 4.79 Å². The molecule has 1 aromatic heterocycles. The molecule has 2 N–H and O–H groups in total. The van der Waals surface area contributed by atoms with Gasteiger partial charge in [0.1, 0.15) is 5.69 Å². The number of nitrogens with zero attached hydrogens (tertiary/aromatic N) is 3. The lowest BCUT2D eigenvalue weighted by Crippen LogP contribution is -2.40. The van der Waals surface area contributed by atoms with Crippen molar-refractivity contribution < 1.29 is 4.79 Å². The number of hydrogen-bond acceptors (Lipinski definition) is 5. The SMILES string of the molecule is CCN(CC)CCNCCN(CC)CCNC(=O)c1ccc2ccccc2n1. The van der Waals surface area contributed by atoms with Gasteiger partial charge in [0.05, 0.1) is 5.52 Å². The van der Waals surface area contributed by atoms with Crippen LogP contribution in [-0.2, 0) is 0 Å². The fraction of sp³-hybridized carbons (Fsp3) is 0.545. The van der Waals surface area contributed by atoms with Gasteiger partial charge >= 0.3 is 0 Å². The molecule has 0 atom stereocenters. The lowest BCUT2D eigenvalue weighted by Gasteiger charge is -2.22. The van der Waals surface area contributed by atoms with Gasteiger partial charge in [-0.2, -0.15) is 0 Å². The Labute approximate surface area is 169 Å². The highest BCUT2D eigenvalue weighted by Crippen LogP contribution is 2.11. The number of para-hydroxylation sites is 1. The normalized spacial score (nSPS) is 11.5. The molecule has 6 heteroatoms. The van der Waals surface area contributed by atoms with Gasteiger partial charge in [0.25, 0.3) is 5.91 Å². The number of hydrogen-bond donors (Lipinski definition) is 2. The van der Waals surface area contributed by atoms with E-state index in [-0.39, 0.29) is 5.91 Å². The molecule has 0 spiro atoms. The van der Waals surface area contributed by atoms with E-state index in [9.17, 15) is 4.79 Å². The quantitative estimate of drug-likeness (QED) is 0.518. The van der Waals surface area contributed by atoms with Crippen LogP contribution in [0.15, 0.2) is 36.4 Å². The Hall–Kier alpha value is -2.02. The largest absolute Gasteiger partial charge is 0.349 e. The van der Waals surface area contributed by atoms with E-state index >= 15 is 0 Å². The number of nitrogens with one attached hydrogen (secondary N) is 2. The Morgan fingerprint density at radius 3 is 2.21 bits per heavy atom. The summed E-state index contributed by atoms with van der Waals surface area (Å²) < 4.78 is 0. The minimum atomic E-state index is -0.112. The second-order valence-corrected chi connectivity index (χ2v) is 6.86. The first-order chi connectivity index (χ1) is 13.7.